The average Bonchev–Trinajstić information content (AvgIpc) is 3.72. The summed E-state index contributed by atoms with van der Waals surface area (Å²) >= 11 is 0. The monoisotopic (exact) mass is 675 g/mol. The van der Waals surface area contributed by atoms with E-state index in [1.165, 1.54) is 12.1 Å². The first-order chi connectivity index (χ1) is 25.6. The van der Waals surface area contributed by atoms with Crippen LogP contribution < -0.4 is 0 Å². The smallest absolute Gasteiger partial charge is 0.164 e. The van der Waals surface area contributed by atoms with Crippen molar-refractivity contribution in [2.24, 2.45) is 0 Å². The fourth-order valence-electron chi connectivity index (χ4n) is 7.38. The van der Waals surface area contributed by atoms with E-state index in [0.717, 1.165) is 66.0 Å². The molecule has 0 amide bonds. The van der Waals surface area contributed by atoms with Gasteiger partial charge >= 0.3 is 0 Å². The van der Waals surface area contributed by atoms with Crippen LogP contribution in [0.5, 0.6) is 0 Å². The maximum Gasteiger partial charge on any atom is 0.164 e. The van der Waals surface area contributed by atoms with E-state index < -0.39 is 11.6 Å². The number of hydrogen-bond acceptors (Lipinski definition) is 3. The highest BCUT2D eigenvalue weighted by molar-refractivity contribution is 6.26. The summed E-state index contributed by atoms with van der Waals surface area (Å²) in [7, 11) is 0. The van der Waals surface area contributed by atoms with Gasteiger partial charge in [0.25, 0.3) is 0 Å². The van der Waals surface area contributed by atoms with Crippen molar-refractivity contribution in [3.8, 4) is 45.5 Å². The first kappa shape index (κ1) is 29.9. The normalized spacial score (nSPS) is 11.7. The molecule has 246 valence electrons. The van der Waals surface area contributed by atoms with E-state index in [0.29, 0.717) is 23.2 Å². The second kappa shape index (κ2) is 11.8. The molecule has 0 radical (unpaired) electrons. The lowest BCUT2D eigenvalue weighted by Gasteiger charge is -2.12. The molecule has 0 saturated carbocycles. The summed E-state index contributed by atoms with van der Waals surface area (Å²) in [6, 6.07) is 52.9. The Labute approximate surface area is 296 Å². The van der Waals surface area contributed by atoms with Gasteiger partial charge in [-0.05, 0) is 54.6 Å². The van der Waals surface area contributed by atoms with Crippen LogP contribution in [0.2, 0.25) is 0 Å². The van der Waals surface area contributed by atoms with Gasteiger partial charge in [-0.1, -0.05) is 103 Å². The highest BCUT2D eigenvalue weighted by Gasteiger charge is 2.21. The largest absolute Gasteiger partial charge is 0.309 e. The Balaban J connectivity index is 1.19. The van der Waals surface area contributed by atoms with Crippen molar-refractivity contribution < 1.29 is 8.78 Å². The molecule has 5 nitrogen and oxygen atoms in total. The molecule has 7 heteroatoms. The SMILES string of the molecule is Fc1ccc(-n2c3ccccc3c3c2ccc2c4ccccc4n(-c4ccc(-c5nc(-c6ccccc6)nc(-c6ccccc6)n5)cc4)c23)cc1F. The van der Waals surface area contributed by atoms with Crippen molar-refractivity contribution in [1.29, 1.82) is 0 Å². The topological polar surface area (TPSA) is 48.5 Å². The van der Waals surface area contributed by atoms with Gasteiger partial charge in [0.2, 0.25) is 0 Å². The first-order valence-corrected chi connectivity index (χ1v) is 17.0. The third-order valence-electron chi connectivity index (χ3n) is 9.71. The second-order valence-corrected chi connectivity index (χ2v) is 12.7. The van der Waals surface area contributed by atoms with Gasteiger partial charge in [0.15, 0.2) is 29.1 Å². The lowest BCUT2D eigenvalue weighted by atomic mass is 10.1. The predicted octanol–water partition coefficient (Wildman–Crippen LogP) is 11.3. The summed E-state index contributed by atoms with van der Waals surface area (Å²) in [6.07, 6.45) is 0. The van der Waals surface area contributed by atoms with Crippen molar-refractivity contribution in [2.45, 2.75) is 0 Å². The van der Waals surface area contributed by atoms with E-state index >= 15 is 0 Å². The molecule has 0 unspecified atom stereocenters. The molecule has 3 heterocycles. The number of aromatic nitrogens is 5. The maximum absolute atomic E-state index is 14.6. The number of halogens is 2. The highest BCUT2D eigenvalue weighted by atomic mass is 19.2. The standard InChI is InChI=1S/C45H27F2N5/c46-36-25-23-32(27-37(36)47)51-39-18-10-8-16-35(39)41-40(51)26-24-34-33-15-7-9-17-38(33)52(42(34)41)31-21-19-30(20-22-31)45-49-43(28-11-3-1-4-12-28)48-44(50-45)29-13-5-2-6-14-29/h1-27H. The summed E-state index contributed by atoms with van der Waals surface area (Å²) in [5, 5.41) is 4.25. The zero-order valence-electron chi connectivity index (χ0n) is 27.6. The lowest BCUT2D eigenvalue weighted by Crippen LogP contribution is -2.00. The number of benzene rings is 7. The summed E-state index contributed by atoms with van der Waals surface area (Å²) in [6.45, 7) is 0. The van der Waals surface area contributed by atoms with Gasteiger partial charge in [-0.15, -0.1) is 0 Å². The third-order valence-corrected chi connectivity index (χ3v) is 9.71. The summed E-state index contributed by atoms with van der Waals surface area (Å²) < 4.78 is 33.0. The van der Waals surface area contributed by atoms with Crippen LogP contribution in [0.3, 0.4) is 0 Å². The first-order valence-electron chi connectivity index (χ1n) is 17.0. The van der Waals surface area contributed by atoms with Gasteiger partial charge in [-0.3, -0.25) is 0 Å². The molecular formula is C45H27F2N5. The molecule has 0 aliphatic rings. The van der Waals surface area contributed by atoms with Gasteiger partial charge in [0.05, 0.1) is 22.1 Å². The van der Waals surface area contributed by atoms with Crippen molar-refractivity contribution in [2.75, 3.05) is 0 Å². The third kappa shape index (κ3) is 4.71. The molecule has 0 saturated heterocycles. The summed E-state index contributed by atoms with van der Waals surface area (Å²) in [5.74, 6) is 0.0360. The molecule has 10 aromatic rings. The van der Waals surface area contributed by atoms with Gasteiger partial charge in [-0.25, -0.2) is 23.7 Å². The molecule has 0 aliphatic heterocycles. The molecule has 7 aromatic carbocycles. The number of fused-ring (bicyclic) bond motifs is 7. The highest BCUT2D eigenvalue weighted by Crippen LogP contribution is 2.42. The Morgan fingerprint density at radius 1 is 0.365 bits per heavy atom. The number of hydrogen-bond donors (Lipinski definition) is 0. The average molecular weight is 676 g/mol. The van der Waals surface area contributed by atoms with Crippen LogP contribution in [0.15, 0.2) is 164 Å². The Bertz CT molecular complexity index is 2910. The predicted molar refractivity (Wildman–Crippen MR) is 205 cm³/mol. The summed E-state index contributed by atoms with van der Waals surface area (Å²) in [5.41, 5.74) is 8.09. The van der Waals surface area contributed by atoms with Crippen LogP contribution in [0.4, 0.5) is 8.78 Å². The quantitative estimate of drug-likeness (QED) is 0.182. The molecule has 0 fully saturated rings. The van der Waals surface area contributed by atoms with E-state index in [9.17, 15) is 8.78 Å². The molecule has 0 bridgehead atoms. The Morgan fingerprint density at radius 3 is 1.50 bits per heavy atom. The van der Waals surface area contributed by atoms with Gasteiger partial charge in [-0.2, -0.15) is 0 Å². The van der Waals surface area contributed by atoms with Crippen molar-refractivity contribution in [1.82, 2.24) is 24.1 Å². The van der Waals surface area contributed by atoms with Crippen molar-refractivity contribution >= 4 is 43.6 Å². The fraction of sp³-hybridized carbons (Fsp3) is 0. The van der Waals surface area contributed by atoms with Crippen LogP contribution >= 0.6 is 0 Å². The minimum absolute atomic E-state index is 0.554. The lowest BCUT2D eigenvalue weighted by molar-refractivity contribution is 0.508. The number of para-hydroxylation sites is 2. The molecule has 3 aromatic heterocycles. The Morgan fingerprint density at radius 2 is 0.885 bits per heavy atom. The van der Waals surface area contributed by atoms with E-state index in [2.05, 4.69) is 71.3 Å². The molecule has 10 rings (SSSR count). The number of nitrogens with zero attached hydrogens (tertiary/aromatic N) is 5. The minimum Gasteiger partial charge on any atom is -0.309 e. The molecular weight excluding hydrogens is 649 g/mol. The Hall–Kier alpha value is -6.99. The van der Waals surface area contributed by atoms with E-state index in [1.807, 2.05) is 83.4 Å². The van der Waals surface area contributed by atoms with Crippen LogP contribution in [0.1, 0.15) is 0 Å². The molecule has 52 heavy (non-hydrogen) atoms. The van der Waals surface area contributed by atoms with Crippen LogP contribution in [-0.4, -0.2) is 24.1 Å². The van der Waals surface area contributed by atoms with Crippen LogP contribution in [-0.2, 0) is 0 Å². The zero-order chi connectivity index (χ0) is 34.8. The molecule has 0 aliphatic carbocycles. The minimum atomic E-state index is -0.885. The van der Waals surface area contributed by atoms with E-state index in [1.54, 1.807) is 6.07 Å². The summed E-state index contributed by atoms with van der Waals surface area (Å²) in [4.78, 5) is 14.7. The van der Waals surface area contributed by atoms with E-state index in [4.69, 9.17) is 15.0 Å². The van der Waals surface area contributed by atoms with Crippen LogP contribution in [0, 0.1) is 11.6 Å². The fourth-order valence-corrected chi connectivity index (χ4v) is 7.38. The van der Waals surface area contributed by atoms with Gasteiger partial charge in [0.1, 0.15) is 0 Å². The molecule has 0 N–H and O–H groups in total. The zero-order valence-corrected chi connectivity index (χ0v) is 27.6. The second-order valence-electron chi connectivity index (χ2n) is 12.7. The van der Waals surface area contributed by atoms with Crippen molar-refractivity contribution in [3.63, 3.8) is 0 Å². The van der Waals surface area contributed by atoms with Gasteiger partial charge in [0, 0.05) is 55.7 Å². The maximum atomic E-state index is 14.6. The van der Waals surface area contributed by atoms with E-state index in [-0.39, 0.29) is 0 Å². The Kier molecular flexibility index (Phi) is 6.79. The van der Waals surface area contributed by atoms with Crippen LogP contribution in [0.25, 0.3) is 89.2 Å². The van der Waals surface area contributed by atoms with Gasteiger partial charge < -0.3 is 9.13 Å². The number of rotatable bonds is 5. The molecule has 0 atom stereocenters. The molecule has 0 spiro atoms. The van der Waals surface area contributed by atoms with Crippen molar-refractivity contribution in [3.05, 3.63) is 175 Å².